The van der Waals surface area contributed by atoms with Gasteiger partial charge in [-0.15, -0.1) is 0 Å². The van der Waals surface area contributed by atoms with E-state index < -0.39 is 0 Å². The Labute approximate surface area is 172 Å². The lowest BCUT2D eigenvalue weighted by Crippen LogP contribution is -2.57. The Bertz CT molecular complexity index is 813. The van der Waals surface area contributed by atoms with E-state index in [9.17, 15) is 9.90 Å². The first-order valence-electron chi connectivity index (χ1n) is 10.5. The number of amides is 1. The molecule has 1 atom stereocenters. The van der Waals surface area contributed by atoms with E-state index in [-0.39, 0.29) is 11.9 Å². The summed E-state index contributed by atoms with van der Waals surface area (Å²) in [5.41, 5.74) is 2.11. The van der Waals surface area contributed by atoms with Gasteiger partial charge in [0.05, 0.1) is 11.7 Å². The standard InChI is InChI=1S/C23H30N4O2/c1-19(24-11-15-26(16-12-24)21-9-5-6-10-22(21)28)23(29)27-17-13-25(14-18-27)20-7-3-2-4-8-20/h2-10,19,28H,11-18H2,1H3/t19-/m0/s1. The molecular formula is C23H30N4O2. The summed E-state index contributed by atoms with van der Waals surface area (Å²) in [6, 6.07) is 17.8. The number of nitrogens with zero attached hydrogens (tertiary/aromatic N) is 4. The molecule has 2 aliphatic rings. The fraction of sp³-hybridized carbons (Fsp3) is 0.435. The maximum absolute atomic E-state index is 13.1. The van der Waals surface area contributed by atoms with E-state index in [2.05, 4.69) is 39.0 Å². The fourth-order valence-corrected chi connectivity index (χ4v) is 4.33. The third-order valence-corrected chi connectivity index (χ3v) is 6.15. The normalized spacial score (nSPS) is 19.3. The molecule has 1 N–H and O–H groups in total. The Balaban J connectivity index is 1.29. The van der Waals surface area contributed by atoms with Crippen LogP contribution in [0.5, 0.6) is 5.75 Å². The molecular weight excluding hydrogens is 364 g/mol. The highest BCUT2D eigenvalue weighted by atomic mass is 16.3. The Morgan fingerprint density at radius 2 is 1.38 bits per heavy atom. The highest BCUT2D eigenvalue weighted by molar-refractivity contribution is 5.82. The second kappa shape index (κ2) is 8.74. The van der Waals surface area contributed by atoms with Crippen LogP contribution in [0, 0.1) is 0 Å². The van der Waals surface area contributed by atoms with E-state index in [1.807, 2.05) is 36.1 Å². The number of anilines is 2. The number of hydrogen-bond donors (Lipinski definition) is 1. The minimum Gasteiger partial charge on any atom is -0.506 e. The second-order valence-electron chi connectivity index (χ2n) is 7.84. The van der Waals surface area contributed by atoms with Gasteiger partial charge in [0.1, 0.15) is 5.75 Å². The van der Waals surface area contributed by atoms with Gasteiger partial charge < -0.3 is 19.8 Å². The number of hydrogen-bond acceptors (Lipinski definition) is 5. The van der Waals surface area contributed by atoms with Crippen molar-refractivity contribution in [3.63, 3.8) is 0 Å². The number of phenols is 1. The van der Waals surface area contributed by atoms with Crippen LogP contribution in [-0.4, -0.2) is 79.2 Å². The van der Waals surface area contributed by atoms with Gasteiger partial charge >= 0.3 is 0 Å². The van der Waals surface area contributed by atoms with E-state index in [4.69, 9.17) is 0 Å². The van der Waals surface area contributed by atoms with Crippen LogP contribution in [0.2, 0.25) is 0 Å². The molecule has 2 aromatic carbocycles. The van der Waals surface area contributed by atoms with Crippen molar-refractivity contribution in [2.75, 3.05) is 62.2 Å². The topological polar surface area (TPSA) is 50.3 Å². The zero-order valence-electron chi connectivity index (χ0n) is 17.1. The minimum absolute atomic E-state index is 0.107. The minimum atomic E-state index is -0.107. The number of phenolic OH excluding ortho intramolecular Hbond substituents is 1. The van der Waals surface area contributed by atoms with Crippen LogP contribution in [0.4, 0.5) is 11.4 Å². The van der Waals surface area contributed by atoms with Gasteiger partial charge in [0.15, 0.2) is 0 Å². The highest BCUT2D eigenvalue weighted by Crippen LogP contribution is 2.27. The Kier molecular flexibility index (Phi) is 5.90. The van der Waals surface area contributed by atoms with Crippen LogP contribution in [-0.2, 0) is 4.79 Å². The number of carbonyl (C=O) groups excluding carboxylic acids is 1. The molecule has 1 amide bonds. The van der Waals surface area contributed by atoms with Crippen LogP contribution >= 0.6 is 0 Å². The van der Waals surface area contributed by atoms with Gasteiger partial charge in [-0.25, -0.2) is 0 Å². The summed E-state index contributed by atoms with van der Waals surface area (Å²) in [5.74, 6) is 0.551. The van der Waals surface area contributed by atoms with Crippen molar-refractivity contribution in [3.05, 3.63) is 54.6 Å². The smallest absolute Gasteiger partial charge is 0.239 e. The molecule has 2 aliphatic heterocycles. The quantitative estimate of drug-likeness (QED) is 0.862. The first kappa shape index (κ1) is 19.6. The predicted octanol–water partition coefficient (Wildman–Crippen LogP) is 2.25. The lowest BCUT2D eigenvalue weighted by Gasteiger charge is -2.42. The first-order valence-corrected chi connectivity index (χ1v) is 10.5. The van der Waals surface area contributed by atoms with Gasteiger partial charge in [-0.1, -0.05) is 30.3 Å². The Morgan fingerprint density at radius 1 is 0.793 bits per heavy atom. The van der Waals surface area contributed by atoms with Crippen molar-refractivity contribution in [2.45, 2.75) is 13.0 Å². The van der Waals surface area contributed by atoms with Gasteiger partial charge in [-0.2, -0.15) is 0 Å². The van der Waals surface area contributed by atoms with E-state index in [1.54, 1.807) is 6.07 Å². The molecule has 0 radical (unpaired) electrons. The van der Waals surface area contributed by atoms with E-state index in [1.165, 1.54) is 5.69 Å². The molecule has 2 heterocycles. The Morgan fingerprint density at radius 3 is 2.03 bits per heavy atom. The number of benzene rings is 2. The monoisotopic (exact) mass is 394 g/mol. The zero-order valence-corrected chi connectivity index (χ0v) is 17.1. The molecule has 29 heavy (non-hydrogen) atoms. The third kappa shape index (κ3) is 4.32. The van der Waals surface area contributed by atoms with Gasteiger partial charge in [-0.05, 0) is 31.2 Å². The van der Waals surface area contributed by atoms with Gasteiger partial charge in [-0.3, -0.25) is 9.69 Å². The molecule has 6 nitrogen and oxygen atoms in total. The molecule has 4 rings (SSSR count). The fourth-order valence-electron chi connectivity index (χ4n) is 4.33. The molecule has 0 bridgehead atoms. The predicted molar refractivity (Wildman–Crippen MR) is 117 cm³/mol. The largest absolute Gasteiger partial charge is 0.506 e. The Hall–Kier alpha value is -2.73. The third-order valence-electron chi connectivity index (χ3n) is 6.15. The summed E-state index contributed by atoms with van der Waals surface area (Å²) in [6.07, 6.45) is 0. The summed E-state index contributed by atoms with van der Waals surface area (Å²) < 4.78 is 0. The average molecular weight is 395 g/mol. The lowest BCUT2D eigenvalue weighted by atomic mass is 10.1. The summed E-state index contributed by atoms with van der Waals surface area (Å²) in [7, 11) is 0. The molecule has 2 saturated heterocycles. The van der Waals surface area contributed by atoms with Crippen molar-refractivity contribution < 1.29 is 9.90 Å². The van der Waals surface area contributed by atoms with Crippen molar-refractivity contribution in [1.82, 2.24) is 9.80 Å². The summed E-state index contributed by atoms with van der Waals surface area (Å²) >= 11 is 0. The summed E-state index contributed by atoms with van der Waals surface area (Å²) in [4.78, 5) is 21.9. The molecule has 2 fully saturated rings. The van der Waals surface area contributed by atoms with E-state index in [0.29, 0.717) is 5.75 Å². The molecule has 0 aliphatic carbocycles. The molecule has 154 valence electrons. The maximum atomic E-state index is 13.1. The van der Waals surface area contributed by atoms with E-state index in [0.717, 1.165) is 58.0 Å². The number of aromatic hydroxyl groups is 1. The number of carbonyl (C=O) groups is 1. The van der Waals surface area contributed by atoms with Crippen molar-refractivity contribution in [3.8, 4) is 5.75 Å². The van der Waals surface area contributed by atoms with Crippen molar-refractivity contribution >= 4 is 17.3 Å². The summed E-state index contributed by atoms with van der Waals surface area (Å²) in [5, 5.41) is 10.1. The lowest BCUT2D eigenvalue weighted by molar-refractivity contribution is -0.136. The molecule has 2 aromatic rings. The molecule has 0 spiro atoms. The van der Waals surface area contributed by atoms with Gasteiger partial charge in [0.25, 0.3) is 0 Å². The number of piperazine rings is 2. The van der Waals surface area contributed by atoms with Gasteiger partial charge in [0, 0.05) is 58.0 Å². The maximum Gasteiger partial charge on any atom is 0.239 e. The van der Waals surface area contributed by atoms with Crippen LogP contribution in [0.1, 0.15) is 6.92 Å². The average Bonchev–Trinajstić information content (AvgIpc) is 2.79. The number of rotatable bonds is 4. The molecule has 0 unspecified atom stereocenters. The zero-order chi connectivity index (χ0) is 20.2. The first-order chi connectivity index (χ1) is 14.1. The van der Waals surface area contributed by atoms with Gasteiger partial charge in [0.2, 0.25) is 5.91 Å². The van der Waals surface area contributed by atoms with Crippen LogP contribution < -0.4 is 9.80 Å². The highest BCUT2D eigenvalue weighted by Gasteiger charge is 2.30. The van der Waals surface area contributed by atoms with Crippen LogP contribution in [0.15, 0.2) is 54.6 Å². The molecule has 6 heteroatoms. The molecule has 0 saturated carbocycles. The van der Waals surface area contributed by atoms with Crippen molar-refractivity contribution in [1.29, 1.82) is 0 Å². The summed E-state index contributed by atoms with van der Waals surface area (Å²) in [6.45, 7) is 8.62. The number of para-hydroxylation sites is 3. The second-order valence-corrected chi connectivity index (χ2v) is 7.84. The SMILES string of the molecule is C[C@@H](C(=O)N1CCN(c2ccccc2)CC1)N1CCN(c2ccccc2O)CC1. The molecule has 0 aromatic heterocycles. The van der Waals surface area contributed by atoms with Crippen LogP contribution in [0.3, 0.4) is 0 Å². The van der Waals surface area contributed by atoms with E-state index >= 15 is 0 Å². The van der Waals surface area contributed by atoms with Crippen LogP contribution in [0.25, 0.3) is 0 Å². The van der Waals surface area contributed by atoms with Crippen molar-refractivity contribution in [2.24, 2.45) is 0 Å².